The lowest BCUT2D eigenvalue weighted by Crippen LogP contribution is -2.38. The highest BCUT2D eigenvalue weighted by atomic mass is 16.5. The van der Waals surface area contributed by atoms with Gasteiger partial charge in [-0.05, 0) is 36.5 Å². The van der Waals surface area contributed by atoms with Crippen molar-refractivity contribution in [1.29, 1.82) is 0 Å². The summed E-state index contributed by atoms with van der Waals surface area (Å²) in [5, 5.41) is 0. The van der Waals surface area contributed by atoms with Crippen LogP contribution in [0.15, 0.2) is 18.2 Å². The lowest BCUT2D eigenvalue weighted by molar-refractivity contribution is -0.124. The van der Waals surface area contributed by atoms with Gasteiger partial charge in [-0.15, -0.1) is 0 Å². The molecule has 1 aliphatic carbocycles. The lowest BCUT2D eigenvalue weighted by atomic mass is 9.81. The Labute approximate surface area is 120 Å². The van der Waals surface area contributed by atoms with E-state index in [2.05, 4.69) is 12.1 Å². The van der Waals surface area contributed by atoms with Gasteiger partial charge in [-0.1, -0.05) is 25.0 Å². The van der Waals surface area contributed by atoms with E-state index in [-0.39, 0.29) is 12.0 Å². The molecule has 3 nitrogen and oxygen atoms in total. The Hall–Kier alpha value is -1.35. The van der Waals surface area contributed by atoms with Crippen LogP contribution in [0.3, 0.4) is 0 Å². The zero-order valence-corrected chi connectivity index (χ0v) is 11.9. The second-order valence-corrected chi connectivity index (χ2v) is 6.06. The van der Waals surface area contributed by atoms with E-state index < -0.39 is 0 Å². The van der Waals surface area contributed by atoms with Gasteiger partial charge in [0.2, 0.25) is 0 Å². The van der Waals surface area contributed by atoms with Gasteiger partial charge in [0.1, 0.15) is 11.5 Å². The van der Waals surface area contributed by atoms with Gasteiger partial charge >= 0.3 is 0 Å². The molecular formula is C17H23NO2. The summed E-state index contributed by atoms with van der Waals surface area (Å²) in [7, 11) is 0. The van der Waals surface area contributed by atoms with Crippen LogP contribution in [0.5, 0.6) is 5.75 Å². The number of hydrogen-bond donors (Lipinski definition) is 1. The van der Waals surface area contributed by atoms with Crippen LogP contribution in [-0.2, 0) is 17.6 Å². The molecule has 108 valence electrons. The second-order valence-electron chi connectivity index (χ2n) is 6.06. The number of carbonyl (C=O) groups is 1. The average molecular weight is 273 g/mol. The van der Waals surface area contributed by atoms with E-state index in [0.717, 1.165) is 44.5 Å². The molecule has 1 aromatic rings. The molecule has 3 rings (SSSR count). The van der Waals surface area contributed by atoms with Crippen molar-refractivity contribution in [2.45, 2.75) is 51.0 Å². The fraction of sp³-hybridized carbons (Fsp3) is 0.588. The van der Waals surface area contributed by atoms with Crippen molar-refractivity contribution < 1.29 is 9.53 Å². The predicted molar refractivity (Wildman–Crippen MR) is 78.9 cm³/mol. The predicted octanol–water partition coefficient (Wildman–Crippen LogP) is 2.64. The average Bonchev–Trinajstić information content (AvgIpc) is 2.92. The highest BCUT2D eigenvalue weighted by molar-refractivity contribution is 5.82. The first-order chi connectivity index (χ1) is 9.74. The molecule has 0 bridgehead atoms. The molecular weight excluding hydrogens is 250 g/mol. The van der Waals surface area contributed by atoms with Crippen LogP contribution in [0.25, 0.3) is 0 Å². The molecule has 1 aliphatic heterocycles. The van der Waals surface area contributed by atoms with E-state index >= 15 is 0 Å². The normalized spacial score (nSPS) is 25.1. The Bertz CT molecular complexity index is 498. The maximum Gasteiger partial charge on any atom is 0.137 e. The number of rotatable bonds is 4. The first-order valence-electron chi connectivity index (χ1n) is 7.77. The summed E-state index contributed by atoms with van der Waals surface area (Å²) in [6.45, 7) is 0.786. The maximum absolute atomic E-state index is 12.3. The second kappa shape index (κ2) is 5.96. The first kappa shape index (κ1) is 13.6. The lowest BCUT2D eigenvalue weighted by Gasteiger charge is -2.27. The molecule has 0 radical (unpaired) electrons. The Kier molecular flexibility index (Phi) is 4.06. The van der Waals surface area contributed by atoms with Crippen LogP contribution in [0.4, 0.5) is 0 Å². The molecule has 3 heteroatoms. The molecule has 1 heterocycles. The fourth-order valence-corrected chi connectivity index (χ4v) is 3.41. The van der Waals surface area contributed by atoms with Crippen LogP contribution >= 0.6 is 0 Å². The van der Waals surface area contributed by atoms with Gasteiger partial charge in [-0.25, -0.2) is 0 Å². The van der Waals surface area contributed by atoms with Crippen molar-refractivity contribution in [3.8, 4) is 5.75 Å². The molecule has 1 fully saturated rings. The molecule has 0 spiro atoms. The summed E-state index contributed by atoms with van der Waals surface area (Å²) in [6, 6.07) is 6.40. The van der Waals surface area contributed by atoms with Crippen LogP contribution < -0.4 is 10.5 Å². The molecule has 1 saturated carbocycles. The van der Waals surface area contributed by atoms with Crippen molar-refractivity contribution in [3.63, 3.8) is 0 Å². The number of ether oxygens (including phenoxy) is 1. The number of hydrogen-bond acceptors (Lipinski definition) is 3. The molecule has 0 saturated heterocycles. The van der Waals surface area contributed by atoms with Gasteiger partial charge in [0.25, 0.3) is 0 Å². The third-order valence-corrected chi connectivity index (χ3v) is 4.65. The SMILES string of the molecule is NC1CCCCC1C(=O)CCc1ccc2c(c1)CCO2. The molecule has 2 N–H and O–H groups in total. The standard InChI is InChI=1S/C17H23NO2/c18-15-4-2-1-3-14(15)16(19)7-5-12-6-8-17-13(11-12)9-10-20-17/h6,8,11,14-15H,1-5,7,9-10,18H2. The number of benzene rings is 1. The van der Waals surface area contributed by atoms with Crippen molar-refractivity contribution in [3.05, 3.63) is 29.3 Å². The monoisotopic (exact) mass is 273 g/mol. The van der Waals surface area contributed by atoms with Crippen LogP contribution in [-0.4, -0.2) is 18.4 Å². The van der Waals surface area contributed by atoms with E-state index in [4.69, 9.17) is 10.5 Å². The number of fused-ring (bicyclic) bond motifs is 1. The molecule has 20 heavy (non-hydrogen) atoms. The molecule has 2 aliphatic rings. The minimum atomic E-state index is 0.0877. The molecule has 1 aromatic carbocycles. The molecule has 2 atom stereocenters. The third kappa shape index (κ3) is 2.88. The molecule has 0 aromatic heterocycles. The van der Waals surface area contributed by atoms with Crippen molar-refractivity contribution >= 4 is 5.78 Å². The zero-order chi connectivity index (χ0) is 13.9. The summed E-state index contributed by atoms with van der Waals surface area (Å²) in [5.41, 5.74) is 8.61. The van der Waals surface area contributed by atoms with Crippen LogP contribution in [0.1, 0.15) is 43.2 Å². The smallest absolute Gasteiger partial charge is 0.137 e. The maximum atomic E-state index is 12.3. The number of aryl methyl sites for hydroxylation is 1. The largest absolute Gasteiger partial charge is 0.493 e. The summed E-state index contributed by atoms with van der Waals surface area (Å²) >= 11 is 0. The van der Waals surface area contributed by atoms with E-state index in [1.807, 2.05) is 6.07 Å². The van der Waals surface area contributed by atoms with Crippen LogP contribution in [0, 0.1) is 5.92 Å². The van der Waals surface area contributed by atoms with Crippen LogP contribution in [0.2, 0.25) is 0 Å². The first-order valence-corrected chi connectivity index (χ1v) is 7.77. The van der Waals surface area contributed by atoms with Gasteiger partial charge in [-0.3, -0.25) is 4.79 Å². The van der Waals surface area contributed by atoms with Gasteiger partial charge in [0, 0.05) is 24.8 Å². The van der Waals surface area contributed by atoms with Gasteiger partial charge < -0.3 is 10.5 Å². The number of nitrogens with two attached hydrogens (primary N) is 1. The van der Waals surface area contributed by atoms with Crippen molar-refractivity contribution in [2.24, 2.45) is 11.7 Å². The number of Topliss-reactive ketones (excluding diaryl/α,β-unsaturated/α-hetero) is 1. The highest BCUT2D eigenvalue weighted by Crippen LogP contribution is 2.28. The number of ketones is 1. The Morgan fingerprint density at radius 2 is 2.15 bits per heavy atom. The van der Waals surface area contributed by atoms with Gasteiger partial charge in [0.05, 0.1) is 6.61 Å². The Balaban J connectivity index is 1.57. The minimum Gasteiger partial charge on any atom is -0.493 e. The van der Waals surface area contributed by atoms with E-state index in [1.54, 1.807) is 0 Å². The van der Waals surface area contributed by atoms with E-state index in [9.17, 15) is 4.79 Å². The van der Waals surface area contributed by atoms with E-state index in [0.29, 0.717) is 12.2 Å². The minimum absolute atomic E-state index is 0.0877. The number of carbonyl (C=O) groups excluding carboxylic acids is 1. The molecule has 0 amide bonds. The summed E-state index contributed by atoms with van der Waals surface area (Å²) in [5.74, 6) is 1.46. The van der Waals surface area contributed by atoms with Crippen molar-refractivity contribution in [2.75, 3.05) is 6.61 Å². The zero-order valence-electron chi connectivity index (χ0n) is 11.9. The quantitative estimate of drug-likeness (QED) is 0.917. The van der Waals surface area contributed by atoms with Crippen molar-refractivity contribution in [1.82, 2.24) is 0 Å². The summed E-state index contributed by atoms with van der Waals surface area (Å²) in [4.78, 5) is 12.3. The third-order valence-electron chi connectivity index (χ3n) is 4.65. The Morgan fingerprint density at radius 1 is 1.30 bits per heavy atom. The molecule has 2 unspecified atom stereocenters. The van der Waals surface area contributed by atoms with E-state index in [1.165, 1.54) is 17.5 Å². The highest BCUT2D eigenvalue weighted by Gasteiger charge is 2.27. The summed E-state index contributed by atoms with van der Waals surface area (Å²) < 4.78 is 5.50. The Morgan fingerprint density at radius 3 is 3.00 bits per heavy atom. The topological polar surface area (TPSA) is 52.3 Å². The summed E-state index contributed by atoms with van der Waals surface area (Å²) in [6.07, 6.45) is 6.76. The fourth-order valence-electron chi connectivity index (χ4n) is 3.41. The van der Waals surface area contributed by atoms with Gasteiger partial charge in [-0.2, -0.15) is 0 Å². The van der Waals surface area contributed by atoms with Gasteiger partial charge in [0.15, 0.2) is 0 Å².